The molecule has 2 N–H and O–H groups in total. The molecule has 0 aromatic heterocycles. The third kappa shape index (κ3) is 6.15. The van der Waals surface area contributed by atoms with Crippen molar-refractivity contribution in [2.75, 3.05) is 27.4 Å². The number of hydrogen-bond donors (Lipinski definition) is 2. The van der Waals surface area contributed by atoms with Crippen molar-refractivity contribution in [1.82, 2.24) is 5.32 Å². The Bertz CT molecular complexity index is 576. The van der Waals surface area contributed by atoms with Crippen LogP contribution in [0, 0.1) is 0 Å². The van der Waals surface area contributed by atoms with Crippen molar-refractivity contribution in [2.45, 2.75) is 32.4 Å². The second-order valence-corrected chi connectivity index (χ2v) is 5.06. The van der Waals surface area contributed by atoms with Crippen molar-refractivity contribution in [3.8, 4) is 11.5 Å². The quantitative estimate of drug-likeness (QED) is 0.643. The molecule has 25 heavy (non-hydrogen) atoms. The van der Waals surface area contributed by atoms with E-state index in [1.54, 1.807) is 25.1 Å². The molecule has 0 saturated carbocycles. The molecule has 0 radical (unpaired) electrons. The summed E-state index contributed by atoms with van der Waals surface area (Å²) in [7, 11) is 2.69. The molecule has 1 aromatic rings. The summed E-state index contributed by atoms with van der Waals surface area (Å²) in [6.45, 7) is 4.13. The van der Waals surface area contributed by atoms with Crippen LogP contribution in [0.3, 0.4) is 0 Å². The van der Waals surface area contributed by atoms with Crippen LogP contribution in [0.5, 0.6) is 11.5 Å². The lowest BCUT2D eigenvalue weighted by molar-refractivity contribution is -0.151. The number of rotatable bonds is 9. The largest absolute Gasteiger partial charge is 0.493 e. The van der Waals surface area contributed by atoms with E-state index in [1.807, 2.05) is 6.92 Å². The van der Waals surface area contributed by atoms with Gasteiger partial charge in [-0.1, -0.05) is 6.07 Å². The van der Waals surface area contributed by atoms with Crippen molar-refractivity contribution in [1.29, 1.82) is 0 Å². The average Bonchev–Trinajstić information content (AvgIpc) is 2.60. The predicted octanol–water partition coefficient (Wildman–Crippen LogP) is 1.28. The zero-order valence-electron chi connectivity index (χ0n) is 14.9. The summed E-state index contributed by atoms with van der Waals surface area (Å²) < 4.78 is 20.1. The summed E-state index contributed by atoms with van der Waals surface area (Å²) in [5.41, 5.74) is 0.731. The van der Waals surface area contributed by atoms with E-state index in [1.165, 1.54) is 7.11 Å². The highest BCUT2D eigenvalue weighted by Crippen LogP contribution is 2.28. The first-order chi connectivity index (χ1) is 12.0. The molecule has 0 aliphatic heterocycles. The average molecular weight is 355 g/mol. The fourth-order valence-corrected chi connectivity index (χ4v) is 2.22. The molecule has 0 saturated heterocycles. The molecule has 1 amide bonds. The van der Waals surface area contributed by atoms with Gasteiger partial charge in [0.2, 0.25) is 0 Å². The van der Waals surface area contributed by atoms with Gasteiger partial charge in [-0.05, 0) is 38.0 Å². The van der Waals surface area contributed by atoms with Crippen molar-refractivity contribution in [3.63, 3.8) is 0 Å². The van der Waals surface area contributed by atoms with Gasteiger partial charge in [0, 0.05) is 0 Å². The first-order valence-electron chi connectivity index (χ1n) is 7.95. The van der Waals surface area contributed by atoms with Gasteiger partial charge in [0.05, 0.1) is 33.5 Å². The van der Waals surface area contributed by atoms with Crippen LogP contribution in [-0.2, 0) is 20.7 Å². The monoisotopic (exact) mass is 355 g/mol. The molecule has 8 heteroatoms. The number of aliphatic hydroxyl groups is 1. The van der Waals surface area contributed by atoms with Crippen LogP contribution < -0.4 is 14.8 Å². The lowest BCUT2D eigenvalue weighted by Gasteiger charge is -2.22. The first-order valence-corrected chi connectivity index (χ1v) is 7.95. The Hall–Kier alpha value is -2.48. The molecule has 0 spiro atoms. The van der Waals surface area contributed by atoms with Gasteiger partial charge in [0.15, 0.2) is 17.6 Å². The maximum absolute atomic E-state index is 11.7. The maximum Gasteiger partial charge on any atom is 0.407 e. The van der Waals surface area contributed by atoms with Crippen LogP contribution in [0.2, 0.25) is 0 Å². The Labute approximate surface area is 147 Å². The van der Waals surface area contributed by atoms with E-state index in [-0.39, 0.29) is 13.0 Å². The molecular weight excluding hydrogens is 330 g/mol. The number of alkyl carbamates (subject to hydrolysis) is 1. The molecule has 8 nitrogen and oxygen atoms in total. The van der Waals surface area contributed by atoms with E-state index < -0.39 is 24.2 Å². The number of aliphatic hydroxyl groups excluding tert-OH is 1. The lowest BCUT2D eigenvalue weighted by atomic mass is 10.0. The topological polar surface area (TPSA) is 103 Å². The van der Waals surface area contributed by atoms with E-state index >= 15 is 0 Å². The van der Waals surface area contributed by atoms with Gasteiger partial charge in [0.1, 0.15) is 0 Å². The van der Waals surface area contributed by atoms with Crippen LogP contribution in [0.1, 0.15) is 19.4 Å². The zero-order valence-corrected chi connectivity index (χ0v) is 14.9. The summed E-state index contributed by atoms with van der Waals surface area (Å²) >= 11 is 0. The standard InChI is InChI=1S/C17H25NO7/c1-5-24-14-10-11(7-8-13(14)22-3)9-12(15(19)16(20)23-4)18-17(21)25-6-2/h7-8,10,12,15,19H,5-6,9H2,1-4H3,(H,18,21). The number of carbonyl (C=O) groups is 2. The molecule has 140 valence electrons. The Balaban J connectivity index is 3.01. The Kier molecular flexibility index (Phi) is 8.55. The Morgan fingerprint density at radius 3 is 2.44 bits per heavy atom. The minimum atomic E-state index is -1.54. The molecule has 1 rings (SSSR count). The Morgan fingerprint density at radius 2 is 1.88 bits per heavy atom. The van der Waals surface area contributed by atoms with Crippen molar-refractivity contribution in [2.24, 2.45) is 0 Å². The van der Waals surface area contributed by atoms with Gasteiger partial charge < -0.3 is 29.4 Å². The predicted molar refractivity (Wildman–Crippen MR) is 89.8 cm³/mol. The second kappa shape index (κ2) is 10.4. The molecule has 1 aromatic carbocycles. The van der Waals surface area contributed by atoms with Crippen LogP contribution in [0.4, 0.5) is 4.79 Å². The third-order valence-corrected chi connectivity index (χ3v) is 3.39. The third-order valence-electron chi connectivity index (χ3n) is 3.39. The van der Waals surface area contributed by atoms with E-state index in [4.69, 9.17) is 14.2 Å². The normalized spacial score (nSPS) is 12.7. The van der Waals surface area contributed by atoms with Crippen molar-refractivity contribution in [3.05, 3.63) is 23.8 Å². The number of hydrogen-bond acceptors (Lipinski definition) is 7. The number of benzene rings is 1. The summed E-state index contributed by atoms with van der Waals surface area (Å²) in [4.78, 5) is 23.3. The number of nitrogens with one attached hydrogen (secondary N) is 1. The molecule has 2 unspecified atom stereocenters. The SMILES string of the molecule is CCOC(=O)NC(Cc1ccc(OC)c(OCC)c1)C(O)C(=O)OC. The minimum absolute atomic E-state index is 0.166. The van der Waals surface area contributed by atoms with Crippen molar-refractivity contribution >= 4 is 12.1 Å². The van der Waals surface area contributed by atoms with Crippen LogP contribution in [0.25, 0.3) is 0 Å². The number of esters is 1. The zero-order chi connectivity index (χ0) is 18.8. The Morgan fingerprint density at radius 1 is 1.16 bits per heavy atom. The highest BCUT2D eigenvalue weighted by atomic mass is 16.6. The van der Waals surface area contributed by atoms with E-state index in [0.717, 1.165) is 12.7 Å². The summed E-state index contributed by atoms with van der Waals surface area (Å²) in [6, 6.07) is 4.28. The first kappa shape index (κ1) is 20.6. The van der Waals surface area contributed by atoms with Crippen LogP contribution in [0.15, 0.2) is 18.2 Å². The van der Waals surface area contributed by atoms with Gasteiger partial charge >= 0.3 is 12.1 Å². The molecule has 0 heterocycles. The number of amides is 1. The molecular formula is C17H25NO7. The smallest absolute Gasteiger partial charge is 0.407 e. The molecule has 2 atom stereocenters. The van der Waals surface area contributed by atoms with E-state index in [0.29, 0.717) is 18.1 Å². The van der Waals surface area contributed by atoms with Crippen molar-refractivity contribution < 1.29 is 33.6 Å². The van der Waals surface area contributed by atoms with Crippen LogP contribution >= 0.6 is 0 Å². The summed E-state index contributed by atoms with van der Waals surface area (Å²) in [5, 5.41) is 12.6. The minimum Gasteiger partial charge on any atom is -0.493 e. The maximum atomic E-state index is 11.7. The van der Waals surface area contributed by atoms with Gasteiger partial charge in [-0.3, -0.25) is 0 Å². The number of ether oxygens (including phenoxy) is 4. The van der Waals surface area contributed by atoms with Gasteiger partial charge in [-0.15, -0.1) is 0 Å². The highest BCUT2D eigenvalue weighted by Gasteiger charge is 2.29. The highest BCUT2D eigenvalue weighted by molar-refractivity contribution is 5.77. The van der Waals surface area contributed by atoms with E-state index in [9.17, 15) is 14.7 Å². The fraction of sp³-hybridized carbons (Fsp3) is 0.529. The second-order valence-electron chi connectivity index (χ2n) is 5.06. The van der Waals surface area contributed by atoms with Crippen LogP contribution in [-0.4, -0.2) is 56.7 Å². The summed E-state index contributed by atoms with van der Waals surface area (Å²) in [6.07, 6.45) is -2.10. The van der Waals surface area contributed by atoms with Gasteiger partial charge in [0.25, 0.3) is 0 Å². The summed E-state index contributed by atoms with van der Waals surface area (Å²) in [5.74, 6) is 0.249. The molecule has 0 bridgehead atoms. The molecule has 0 aliphatic carbocycles. The number of methoxy groups -OCH3 is 2. The molecule has 0 fully saturated rings. The molecule has 0 aliphatic rings. The van der Waals surface area contributed by atoms with Gasteiger partial charge in [-0.25, -0.2) is 9.59 Å². The van der Waals surface area contributed by atoms with Gasteiger partial charge in [-0.2, -0.15) is 0 Å². The lowest BCUT2D eigenvalue weighted by Crippen LogP contribution is -2.48. The fourth-order valence-electron chi connectivity index (χ4n) is 2.22. The van der Waals surface area contributed by atoms with E-state index in [2.05, 4.69) is 10.1 Å². The number of carbonyl (C=O) groups excluding carboxylic acids is 2.